The topological polar surface area (TPSA) is 56.0 Å². The second-order valence-corrected chi connectivity index (χ2v) is 2.26. The fraction of sp³-hybridized carbons (Fsp3) is 0.143. The Kier molecular flexibility index (Phi) is 2.50. The number of carbonyl (C=O) groups is 1. The molecule has 13 heavy (non-hydrogen) atoms. The van der Waals surface area contributed by atoms with Gasteiger partial charge in [-0.05, 0) is 6.07 Å². The standard InChI is InChI=1S/C7H5F3N2O/c8-5(9)4-1-3(2-13)7(11)12-6(4)10/h1-2,5H,(H2,11,12). The Morgan fingerprint density at radius 1 is 1.54 bits per heavy atom. The molecule has 0 amide bonds. The van der Waals surface area contributed by atoms with E-state index in [-0.39, 0.29) is 11.8 Å². The van der Waals surface area contributed by atoms with Crippen LogP contribution in [0.15, 0.2) is 6.07 Å². The van der Waals surface area contributed by atoms with E-state index in [2.05, 4.69) is 4.98 Å². The van der Waals surface area contributed by atoms with Gasteiger partial charge in [0, 0.05) is 0 Å². The summed E-state index contributed by atoms with van der Waals surface area (Å²) in [5.41, 5.74) is 3.91. The first kappa shape index (κ1) is 9.50. The van der Waals surface area contributed by atoms with Crippen molar-refractivity contribution in [2.24, 2.45) is 0 Å². The summed E-state index contributed by atoms with van der Waals surface area (Å²) in [6.45, 7) is 0. The van der Waals surface area contributed by atoms with Gasteiger partial charge in [-0.2, -0.15) is 4.39 Å². The van der Waals surface area contributed by atoms with Gasteiger partial charge in [0.1, 0.15) is 5.82 Å². The minimum atomic E-state index is -3.01. The van der Waals surface area contributed by atoms with Crippen LogP contribution >= 0.6 is 0 Å². The smallest absolute Gasteiger partial charge is 0.268 e. The van der Waals surface area contributed by atoms with Crippen LogP contribution in [0.4, 0.5) is 19.0 Å². The Labute approximate surface area is 71.4 Å². The molecular formula is C7H5F3N2O. The Balaban J connectivity index is 3.30. The number of alkyl halides is 2. The maximum absolute atomic E-state index is 12.6. The van der Waals surface area contributed by atoms with Gasteiger partial charge in [-0.1, -0.05) is 0 Å². The highest BCUT2D eigenvalue weighted by atomic mass is 19.3. The monoisotopic (exact) mass is 190 g/mol. The molecule has 0 saturated carbocycles. The second kappa shape index (κ2) is 3.42. The molecule has 1 aromatic heterocycles. The number of hydrogen-bond acceptors (Lipinski definition) is 3. The summed E-state index contributed by atoms with van der Waals surface area (Å²) in [4.78, 5) is 13.2. The van der Waals surface area contributed by atoms with E-state index in [9.17, 15) is 18.0 Å². The third kappa shape index (κ3) is 1.77. The molecule has 0 fully saturated rings. The van der Waals surface area contributed by atoms with E-state index >= 15 is 0 Å². The highest BCUT2D eigenvalue weighted by Crippen LogP contribution is 2.23. The van der Waals surface area contributed by atoms with Gasteiger partial charge in [0.05, 0.1) is 11.1 Å². The molecule has 1 heterocycles. The van der Waals surface area contributed by atoms with Gasteiger partial charge in [-0.15, -0.1) is 0 Å². The molecule has 0 aliphatic heterocycles. The summed E-state index contributed by atoms with van der Waals surface area (Å²) in [7, 11) is 0. The Morgan fingerprint density at radius 2 is 2.15 bits per heavy atom. The number of anilines is 1. The number of aldehydes is 1. The maximum Gasteiger partial charge on any atom is 0.268 e. The number of nitrogen functional groups attached to an aromatic ring is 1. The van der Waals surface area contributed by atoms with E-state index in [0.29, 0.717) is 6.07 Å². The second-order valence-electron chi connectivity index (χ2n) is 2.26. The molecule has 3 nitrogen and oxygen atoms in total. The maximum atomic E-state index is 12.6. The lowest BCUT2D eigenvalue weighted by Gasteiger charge is -2.03. The summed E-state index contributed by atoms with van der Waals surface area (Å²) in [6, 6.07) is 0.690. The Morgan fingerprint density at radius 3 is 2.62 bits per heavy atom. The summed E-state index contributed by atoms with van der Waals surface area (Å²) in [6.07, 6.45) is -2.76. The number of pyridine rings is 1. The molecule has 1 aromatic rings. The van der Waals surface area contributed by atoms with Crippen molar-refractivity contribution in [2.45, 2.75) is 6.43 Å². The number of carbonyl (C=O) groups excluding carboxylic acids is 1. The van der Waals surface area contributed by atoms with Crippen LogP contribution in [0.2, 0.25) is 0 Å². The lowest BCUT2D eigenvalue weighted by atomic mass is 10.2. The van der Waals surface area contributed by atoms with E-state index in [4.69, 9.17) is 5.73 Å². The zero-order valence-corrected chi connectivity index (χ0v) is 6.30. The zero-order valence-electron chi connectivity index (χ0n) is 6.30. The van der Waals surface area contributed by atoms with Crippen LogP contribution < -0.4 is 5.73 Å². The van der Waals surface area contributed by atoms with Crippen LogP contribution in [-0.4, -0.2) is 11.3 Å². The molecule has 0 saturated heterocycles. The summed E-state index contributed by atoms with van der Waals surface area (Å²) in [5.74, 6) is -1.74. The number of nitrogens with two attached hydrogens (primary N) is 1. The van der Waals surface area contributed by atoms with Crippen molar-refractivity contribution < 1.29 is 18.0 Å². The molecule has 0 spiro atoms. The van der Waals surface area contributed by atoms with E-state index in [1.54, 1.807) is 0 Å². The number of nitrogens with zero attached hydrogens (tertiary/aromatic N) is 1. The Hall–Kier alpha value is -1.59. The SMILES string of the molecule is Nc1nc(F)c(C(F)F)cc1C=O. The van der Waals surface area contributed by atoms with Crippen LogP contribution in [0.1, 0.15) is 22.3 Å². The average molecular weight is 190 g/mol. The third-order valence-corrected chi connectivity index (χ3v) is 1.43. The van der Waals surface area contributed by atoms with E-state index in [1.807, 2.05) is 0 Å². The molecule has 0 bridgehead atoms. The van der Waals surface area contributed by atoms with E-state index < -0.39 is 23.8 Å². The van der Waals surface area contributed by atoms with Gasteiger partial charge >= 0.3 is 0 Å². The van der Waals surface area contributed by atoms with Crippen LogP contribution in [0.3, 0.4) is 0 Å². The fourth-order valence-corrected chi connectivity index (χ4v) is 0.783. The molecule has 0 aromatic carbocycles. The van der Waals surface area contributed by atoms with Crippen molar-refractivity contribution >= 4 is 12.1 Å². The van der Waals surface area contributed by atoms with Crippen molar-refractivity contribution in [3.05, 3.63) is 23.1 Å². The molecule has 70 valence electrons. The first-order chi connectivity index (χ1) is 6.06. The molecule has 1 rings (SSSR count). The van der Waals surface area contributed by atoms with Gasteiger partial charge < -0.3 is 5.73 Å². The van der Waals surface area contributed by atoms with Gasteiger partial charge in [0.15, 0.2) is 6.29 Å². The van der Waals surface area contributed by atoms with Crippen molar-refractivity contribution in [3.8, 4) is 0 Å². The fourth-order valence-electron chi connectivity index (χ4n) is 0.783. The highest BCUT2D eigenvalue weighted by Gasteiger charge is 2.16. The van der Waals surface area contributed by atoms with Crippen LogP contribution in [-0.2, 0) is 0 Å². The number of halogens is 3. The summed E-state index contributed by atoms with van der Waals surface area (Å²) >= 11 is 0. The molecule has 0 unspecified atom stereocenters. The number of hydrogen-bond donors (Lipinski definition) is 1. The third-order valence-electron chi connectivity index (χ3n) is 1.43. The van der Waals surface area contributed by atoms with E-state index in [0.717, 1.165) is 0 Å². The number of rotatable bonds is 2. The lowest BCUT2D eigenvalue weighted by molar-refractivity contribution is 0.112. The molecule has 0 aliphatic carbocycles. The van der Waals surface area contributed by atoms with Crippen molar-refractivity contribution in [2.75, 3.05) is 5.73 Å². The first-order valence-corrected chi connectivity index (χ1v) is 3.25. The van der Waals surface area contributed by atoms with Gasteiger partial charge in [0.2, 0.25) is 5.95 Å². The van der Waals surface area contributed by atoms with Crippen LogP contribution in [0, 0.1) is 5.95 Å². The quantitative estimate of drug-likeness (QED) is 0.568. The number of aromatic nitrogens is 1. The molecule has 2 N–H and O–H groups in total. The summed E-state index contributed by atoms with van der Waals surface area (Å²) < 4.78 is 36.7. The average Bonchev–Trinajstić information content (AvgIpc) is 2.03. The van der Waals surface area contributed by atoms with Crippen molar-refractivity contribution in [3.63, 3.8) is 0 Å². The highest BCUT2D eigenvalue weighted by molar-refractivity contribution is 5.81. The van der Waals surface area contributed by atoms with Crippen molar-refractivity contribution in [1.29, 1.82) is 0 Å². The van der Waals surface area contributed by atoms with Crippen LogP contribution in [0.5, 0.6) is 0 Å². The minimum Gasteiger partial charge on any atom is -0.383 e. The largest absolute Gasteiger partial charge is 0.383 e. The normalized spacial score (nSPS) is 10.5. The molecular weight excluding hydrogens is 185 g/mol. The van der Waals surface area contributed by atoms with Gasteiger partial charge in [-0.25, -0.2) is 13.8 Å². The van der Waals surface area contributed by atoms with E-state index in [1.165, 1.54) is 0 Å². The predicted molar refractivity (Wildman–Crippen MR) is 39.0 cm³/mol. The zero-order chi connectivity index (χ0) is 10.0. The lowest BCUT2D eigenvalue weighted by Crippen LogP contribution is -2.03. The minimum absolute atomic E-state index is 0.239. The molecule has 0 atom stereocenters. The molecule has 6 heteroatoms. The predicted octanol–water partition coefficient (Wildman–Crippen LogP) is 1.55. The first-order valence-electron chi connectivity index (χ1n) is 3.25. The molecule has 0 aliphatic rings. The molecule has 0 radical (unpaired) electrons. The van der Waals surface area contributed by atoms with Gasteiger partial charge in [-0.3, -0.25) is 4.79 Å². The van der Waals surface area contributed by atoms with Crippen LogP contribution in [0.25, 0.3) is 0 Å². The Bertz CT molecular complexity index is 341. The van der Waals surface area contributed by atoms with Crippen molar-refractivity contribution in [1.82, 2.24) is 4.98 Å². The summed E-state index contributed by atoms with van der Waals surface area (Å²) in [5, 5.41) is 0. The van der Waals surface area contributed by atoms with Gasteiger partial charge in [0.25, 0.3) is 6.43 Å².